The Morgan fingerprint density at radius 1 is 1.08 bits per heavy atom. The van der Waals surface area contributed by atoms with Gasteiger partial charge in [0.15, 0.2) is 0 Å². The van der Waals surface area contributed by atoms with E-state index in [9.17, 15) is 23.3 Å². The molecule has 134 valence electrons. The van der Waals surface area contributed by atoms with Crippen molar-refractivity contribution in [2.75, 3.05) is 0 Å². The molecule has 8 heteroatoms. The molecule has 0 atom stereocenters. The summed E-state index contributed by atoms with van der Waals surface area (Å²) in [6, 6.07) is 8.40. The molecule has 0 saturated heterocycles. The Morgan fingerprint density at radius 3 is 2.12 bits per heavy atom. The van der Waals surface area contributed by atoms with Crippen LogP contribution in [0.1, 0.15) is 25.0 Å². The van der Waals surface area contributed by atoms with Gasteiger partial charge in [-0.15, -0.1) is 0 Å². The topological polar surface area (TPSA) is 87.4 Å². The first kappa shape index (κ1) is 20.2. The van der Waals surface area contributed by atoms with E-state index in [1.165, 1.54) is 30.3 Å². The van der Waals surface area contributed by atoms with Crippen molar-refractivity contribution in [3.8, 4) is 11.5 Å². The second-order valence-corrected chi connectivity index (χ2v) is 5.32. The van der Waals surface area contributed by atoms with Gasteiger partial charge in [0.05, 0.1) is 16.1 Å². The zero-order valence-electron chi connectivity index (χ0n) is 13.6. The maximum absolute atomic E-state index is 12.5. The monoisotopic (exact) mass is 354 g/mol. The fourth-order valence-electron chi connectivity index (χ4n) is 2.04. The highest BCUT2D eigenvalue weighted by Crippen LogP contribution is 2.32. The number of hydrogen-bond acceptors (Lipinski definition) is 4. The van der Waals surface area contributed by atoms with E-state index in [-0.39, 0.29) is 17.6 Å². The highest BCUT2D eigenvalue weighted by atomic mass is 19.4. The van der Waals surface area contributed by atoms with Gasteiger partial charge in [-0.05, 0) is 56.3 Å². The minimum atomic E-state index is -4.41. The molecule has 2 aromatic rings. The number of nitro benzene ring substituents is 1. The smallest absolute Gasteiger partial charge is 0.416 e. The molecule has 0 aliphatic heterocycles. The van der Waals surface area contributed by atoms with Gasteiger partial charge in [0.2, 0.25) is 0 Å². The molecular formula is C17H17F3N2O3. The number of rotatable bonds is 4. The van der Waals surface area contributed by atoms with Crippen molar-refractivity contribution in [2.45, 2.75) is 20.0 Å². The predicted octanol–water partition coefficient (Wildman–Crippen LogP) is 5.99. The molecule has 0 heterocycles. The molecule has 2 rings (SSSR count). The molecule has 0 aliphatic rings. The molecule has 5 nitrogen and oxygen atoms in total. The minimum Gasteiger partial charge on any atom is -0.457 e. The van der Waals surface area contributed by atoms with Gasteiger partial charge in [-0.25, -0.2) is 0 Å². The van der Waals surface area contributed by atoms with Crippen molar-refractivity contribution in [3.05, 3.63) is 69.3 Å². The van der Waals surface area contributed by atoms with E-state index in [0.29, 0.717) is 11.3 Å². The van der Waals surface area contributed by atoms with Crippen molar-refractivity contribution in [2.24, 2.45) is 0 Å². The summed E-state index contributed by atoms with van der Waals surface area (Å²) in [7, 11) is 0. The Morgan fingerprint density at radius 2 is 1.64 bits per heavy atom. The summed E-state index contributed by atoms with van der Waals surface area (Å²) >= 11 is 0. The maximum atomic E-state index is 12.5. The number of nitro groups is 1. The maximum Gasteiger partial charge on any atom is 0.416 e. The molecule has 0 fully saturated rings. The standard InChI is InChI=1S/C17H14F3NO3.H3N/c1-11(2)9-12-10-15(7-8-16(12)21(22)23)24-14-5-3-13(4-6-14)17(18,19)20;/h3-10H,1-2H3;1H3. The molecular weight excluding hydrogens is 337 g/mol. The first-order valence-corrected chi connectivity index (χ1v) is 6.95. The molecule has 0 saturated carbocycles. The van der Waals surface area contributed by atoms with Gasteiger partial charge in [-0.1, -0.05) is 5.57 Å². The van der Waals surface area contributed by atoms with Crippen LogP contribution < -0.4 is 10.9 Å². The van der Waals surface area contributed by atoms with E-state index in [1.54, 1.807) is 19.9 Å². The Bertz CT molecular complexity index is 781. The van der Waals surface area contributed by atoms with Crippen molar-refractivity contribution in [3.63, 3.8) is 0 Å². The van der Waals surface area contributed by atoms with Gasteiger partial charge >= 0.3 is 6.18 Å². The number of halogens is 3. The van der Waals surface area contributed by atoms with Crippen molar-refractivity contribution >= 4 is 11.8 Å². The second-order valence-electron chi connectivity index (χ2n) is 5.32. The third-order valence-electron chi connectivity index (χ3n) is 3.06. The fraction of sp³-hybridized carbons (Fsp3) is 0.176. The Labute approximate surface area is 142 Å². The van der Waals surface area contributed by atoms with Crippen LogP contribution in [0.15, 0.2) is 48.0 Å². The van der Waals surface area contributed by atoms with Crippen molar-refractivity contribution in [1.29, 1.82) is 0 Å². The number of benzene rings is 2. The van der Waals surface area contributed by atoms with Crippen LogP contribution in [0.4, 0.5) is 18.9 Å². The van der Waals surface area contributed by atoms with E-state index >= 15 is 0 Å². The number of hydrogen-bond donors (Lipinski definition) is 1. The summed E-state index contributed by atoms with van der Waals surface area (Å²) in [5.41, 5.74) is 0.383. The molecule has 0 spiro atoms. The van der Waals surface area contributed by atoms with E-state index in [2.05, 4.69) is 0 Å². The van der Waals surface area contributed by atoms with Gasteiger partial charge in [0, 0.05) is 6.07 Å². The summed E-state index contributed by atoms with van der Waals surface area (Å²) in [5.74, 6) is 0.507. The number of alkyl halides is 3. The summed E-state index contributed by atoms with van der Waals surface area (Å²) in [4.78, 5) is 10.5. The van der Waals surface area contributed by atoms with Crippen molar-refractivity contribution < 1.29 is 22.8 Å². The Kier molecular flexibility index (Phi) is 6.30. The van der Waals surface area contributed by atoms with Crippen LogP contribution in [0.3, 0.4) is 0 Å². The largest absolute Gasteiger partial charge is 0.457 e. The molecule has 0 aromatic heterocycles. The SMILES string of the molecule is CC(C)=Cc1cc(Oc2ccc(C(F)(F)F)cc2)ccc1[N+](=O)[O-].N. The van der Waals surface area contributed by atoms with Gasteiger partial charge < -0.3 is 10.9 Å². The van der Waals surface area contributed by atoms with E-state index in [1.807, 2.05) is 0 Å². The van der Waals surface area contributed by atoms with E-state index < -0.39 is 16.7 Å². The van der Waals surface area contributed by atoms with E-state index in [0.717, 1.165) is 17.7 Å². The normalized spacial score (nSPS) is 10.6. The van der Waals surface area contributed by atoms with Gasteiger partial charge in [-0.2, -0.15) is 13.2 Å². The summed E-state index contributed by atoms with van der Waals surface area (Å²) in [6.45, 7) is 3.60. The van der Waals surface area contributed by atoms with Crippen LogP contribution in [0.2, 0.25) is 0 Å². The Balaban J connectivity index is 0.00000312. The molecule has 0 amide bonds. The lowest BCUT2D eigenvalue weighted by atomic mass is 10.1. The first-order chi connectivity index (χ1) is 11.2. The highest BCUT2D eigenvalue weighted by molar-refractivity contribution is 5.64. The molecule has 0 aliphatic carbocycles. The quantitative estimate of drug-likeness (QED) is 0.539. The summed E-state index contributed by atoms with van der Waals surface area (Å²) in [6.07, 6.45) is -2.78. The summed E-state index contributed by atoms with van der Waals surface area (Å²) in [5, 5.41) is 11.0. The van der Waals surface area contributed by atoms with Gasteiger partial charge in [-0.3, -0.25) is 10.1 Å². The van der Waals surface area contributed by atoms with Crippen LogP contribution in [0.5, 0.6) is 11.5 Å². The molecule has 3 N–H and O–H groups in total. The number of allylic oxidation sites excluding steroid dienone is 1. The lowest BCUT2D eigenvalue weighted by molar-refractivity contribution is -0.385. The third-order valence-corrected chi connectivity index (χ3v) is 3.06. The lowest BCUT2D eigenvalue weighted by Crippen LogP contribution is -2.04. The minimum absolute atomic E-state index is 0. The van der Waals surface area contributed by atoms with E-state index in [4.69, 9.17) is 4.74 Å². The summed E-state index contributed by atoms with van der Waals surface area (Å²) < 4.78 is 43.1. The second kappa shape index (κ2) is 7.80. The average Bonchev–Trinajstić information content (AvgIpc) is 2.46. The van der Waals surface area contributed by atoms with Crippen LogP contribution >= 0.6 is 0 Å². The number of nitrogens with zero attached hydrogens (tertiary/aromatic N) is 1. The van der Waals surface area contributed by atoms with Crippen molar-refractivity contribution in [1.82, 2.24) is 6.15 Å². The third kappa shape index (κ3) is 5.32. The zero-order valence-corrected chi connectivity index (χ0v) is 13.6. The lowest BCUT2D eigenvalue weighted by Gasteiger charge is -2.09. The van der Waals surface area contributed by atoms with Gasteiger partial charge in [0.1, 0.15) is 11.5 Å². The molecule has 0 radical (unpaired) electrons. The zero-order chi connectivity index (χ0) is 17.9. The molecule has 2 aromatic carbocycles. The Hall–Kier alpha value is -2.87. The van der Waals surface area contributed by atoms with Crippen LogP contribution in [0, 0.1) is 10.1 Å². The highest BCUT2D eigenvalue weighted by Gasteiger charge is 2.30. The van der Waals surface area contributed by atoms with Crippen LogP contribution in [0.25, 0.3) is 6.08 Å². The average molecular weight is 354 g/mol. The predicted molar refractivity (Wildman–Crippen MR) is 89.0 cm³/mol. The van der Waals surface area contributed by atoms with Gasteiger partial charge in [0.25, 0.3) is 5.69 Å². The molecule has 25 heavy (non-hydrogen) atoms. The number of ether oxygens (including phenoxy) is 1. The first-order valence-electron chi connectivity index (χ1n) is 6.95. The fourth-order valence-corrected chi connectivity index (χ4v) is 2.04. The molecule has 0 bridgehead atoms. The van der Waals surface area contributed by atoms with Crippen LogP contribution in [-0.2, 0) is 6.18 Å². The van der Waals surface area contributed by atoms with Crippen LogP contribution in [-0.4, -0.2) is 4.92 Å². The molecule has 0 unspecified atom stereocenters.